The lowest BCUT2D eigenvalue weighted by atomic mass is 10.2. The van der Waals surface area contributed by atoms with Crippen LogP contribution in [0.1, 0.15) is 57.3 Å². The molecule has 0 saturated heterocycles. The molecule has 4 nitrogen and oxygen atoms in total. The van der Waals surface area contributed by atoms with E-state index in [0.29, 0.717) is 11.7 Å². The van der Waals surface area contributed by atoms with Crippen molar-refractivity contribution in [2.45, 2.75) is 38.5 Å². The molecule has 2 heterocycles. The first-order valence-electron chi connectivity index (χ1n) is 7.75. The lowest BCUT2D eigenvalue weighted by molar-refractivity contribution is 0.0959. The fourth-order valence-corrected chi connectivity index (χ4v) is 4.15. The van der Waals surface area contributed by atoms with Crippen molar-refractivity contribution in [3.63, 3.8) is 0 Å². The largest absolute Gasteiger partial charge is 0.460 e. The second-order valence-corrected chi connectivity index (χ2v) is 7.31. The van der Waals surface area contributed by atoms with Crippen LogP contribution in [0.2, 0.25) is 0 Å². The number of amides is 1. The maximum atomic E-state index is 12.1. The summed E-state index contributed by atoms with van der Waals surface area (Å²) in [5.74, 6) is 2.85. The number of aryl methyl sites for hydroxylation is 2. The van der Waals surface area contributed by atoms with E-state index in [0.717, 1.165) is 29.4 Å². The number of nitrogens with zero attached hydrogens (tertiary/aromatic N) is 1. The number of furan rings is 1. The molecule has 1 saturated carbocycles. The molecule has 2 aromatic rings. The van der Waals surface area contributed by atoms with Gasteiger partial charge in [-0.05, 0) is 55.4 Å². The van der Waals surface area contributed by atoms with Gasteiger partial charge >= 0.3 is 0 Å². The first-order chi connectivity index (χ1) is 10.7. The molecule has 5 heteroatoms. The third-order valence-electron chi connectivity index (χ3n) is 4.45. The van der Waals surface area contributed by atoms with Crippen molar-refractivity contribution in [1.29, 1.82) is 0 Å². The molecule has 0 spiro atoms. The highest BCUT2D eigenvalue weighted by Crippen LogP contribution is 2.47. The van der Waals surface area contributed by atoms with Crippen LogP contribution >= 0.6 is 11.3 Å². The van der Waals surface area contributed by atoms with E-state index in [1.807, 2.05) is 18.2 Å². The van der Waals surface area contributed by atoms with Crippen LogP contribution in [0.5, 0.6) is 0 Å². The molecule has 22 heavy (non-hydrogen) atoms. The monoisotopic (exact) mass is 314 g/mol. The number of hydrogen-bond acceptors (Lipinski definition) is 4. The smallest absolute Gasteiger partial charge is 0.281 e. The van der Waals surface area contributed by atoms with Gasteiger partial charge in [-0.25, -0.2) is 5.43 Å². The van der Waals surface area contributed by atoms with Gasteiger partial charge in [0.1, 0.15) is 11.5 Å². The normalized spacial score (nSPS) is 23.0. The molecule has 1 N–H and O–H groups in total. The predicted octanol–water partition coefficient (Wildman–Crippen LogP) is 3.72. The van der Waals surface area contributed by atoms with Crippen LogP contribution in [0.25, 0.3) is 0 Å². The van der Waals surface area contributed by atoms with E-state index in [2.05, 4.69) is 17.5 Å². The van der Waals surface area contributed by atoms with Gasteiger partial charge in [-0.1, -0.05) is 6.92 Å². The topological polar surface area (TPSA) is 54.6 Å². The molecule has 0 aliphatic heterocycles. The predicted molar refractivity (Wildman–Crippen MR) is 86.6 cm³/mol. The third-order valence-corrected chi connectivity index (χ3v) is 5.69. The zero-order chi connectivity index (χ0) is 15.1. The third kappa shape index (κ3) is 2.61. The number of thiophene rings is 1. The molecule has 2 aliphatic carbocycles. The summed E-state index contributed by atoms with van der Waals surface area (Å²) in [5.41, 5.74) is 3.91. The molecule has 0 unspecified atom stereocenters. The van der Waals surface area contributed by atoms with E-state index in [1.165, 1.54) is 23.3 Å². The molecule has 2 aromatic heterocycles. The minimum Gasteiger partial charge on any atom is -0.460 e. The molecule has 114 valence electrons. The van der Waals surface area contributed by atoms with E-state index in [9.17, 15) is 4.79 Å². The Labute approximate surface area is 133 Å². The van der Waals surface area contributed by atoms with Crippen molar-refractivity contribution in [2.75, 3.05) is 0 Å². The summed E-state index contributed by atoms with van der Waals surface area (Å²) in [4.78, 5) is 14.2. The lowest BCUT2D eigenvalue weighted by Gasteiger charge is -1.95. The van der Waals surface area contributed by atoms with Gasteiger partial charge in [0.25, 0.3) is 5.91 Å². The highest BCUT2D eigenvalue weighted by atomic mass is 32.1. The van der Waals surface area contributed by atoms with Crippen LogP contribution in [0.3, 0.4) is 0 Å². The molecule has 1 fully saturated rings. The molecular formula is C17H18N2O2S. The zero-order valence-electron chi connectivity index (χ0n) is 12.5. The maximum absolute atomic E-state index is 12.1. The molecular weight excluding hydrogens is 296 g/mol. The highest BCUT2D eigenvalue weighted by molar-refractivity contribution is 7.14. The number of carbonyl (C=O) groups excluding carboxylic acids is 1. The zero-order valence-corrected chi connectivity index (χ0v) is 13.3. The van der Waals surface area contributed by atoms with Gasteiger partial charge in [-0.3, -0.25) is 4.79 Å². The molecule has 0 bridgehead atoms. The van der Waals surface area contributed by atoms with Gasteiger partial charge in [-0.2, -0.15) is 5.10 Å². The van der Waals surface area contributed by atoms with Gasteiger partial charge in [0.2, 0.25) is 0 Å². The molecule has 2 atom stereocenters. The molecule has 2 aliphatic rings. The standard InChI is InChI=1S/C17H18N2O2S/c1-10-7-13(10)14-6-5-12(21-14)9-18-19-17(20)16-8-11-3-2-4-15(11)22-16/h5-6,8-10,13H,2-4,7H2,1H3,(H,19,20)/b18-9-/t10-,13-/m1/s1. The van der Waals surface area contributed by atoms with Crippen LogP contribution in [0.15, 0.2) is 27.7 Å². The molecule has 1 amide bonds. The molecule has 0 aromatic carbocycles. The second kappa shape index (κ2) is 5.39. The summed E-state index contributed by atoms with van der Waals surface area (Å²) in [7, 11) is 0. The summed E-state index contributed by atoms with van der Waals surface area (Å²) in [6.45, 7) is 2.22. The fourth-order valence-electron chi connectivity index (χ4n) is 3.01. The summed E-state index contributed by atoms with van der Waals surface area (Å²) in [6, 6.07) is 5.90. The summed E-state index contributed by atoms with van der Waals surface area (Å²) >= 11 is 1.58. The number of fused-ring (bicyclic) bond motifs is 1. The van der Waals surface area contributed by atoms with E-state index >= 15 is 0 Å². The van der Waals surface area contributed by atoms with Gasteiger partial charge < -0.3 is 4.42 Å². The lowest BCUT2D eigenvalue weighted by Crippen LogP contribution is -2.16. The van der Waals surface area contributed by atoms with E-state index in [4.69, 9.17) is 4.42 Å². The number of hydrazone groups is 1. The van der Waals surface area contributed by atoms with Crippen molar-refractivity contribution in [3.05, 3.63) is 45.0 Å². The maximum Gasteiger partial charge on any atom is 0.281 e. The first-order valence-corrected chi connectivity index (χ1v) is 8.57. The number of hydrogen-bond donors (Lipinski definition) is 1. The summed E-state index contributed by atoms with van der Waals surface area (Å²) in [5, 5.41) is 4.00. The minimum atomic E-state index is -0.141. The van der Waals surface area contributed by atoms with Crippen LogP contribution < -0.4 is 5.43 Å². The van der Waals surface area contributed by atoms with Crippen LogP contribution in [0, 0.1) is 5.92 Å². The van der Waals surface area contributed by atoms with E-state index < -0.39 is 0 Å². The number of nitrogens with one attached hydrogen (secondary N) is 1. The Morgan fingerprint density at radius 2 is 2.32 bits per heavy atom. The number of rotatable bonds is 4. The SMILES string of the molecule is C[C@@H]1C[C@H]1c1ccc(/C=N\NC(=O)c2cc3c(s2)CCC3)o1. The quantitative estimate of drug-likeness (QED) is 0.691. The van der Waals surface area contributed by atoms with Crippen molar-refractivity contribution in [1.82, 2.24) is 5.43 Å². The van der Waals surface area contributed by atoms with Crippen LogP contribution in [0.4, 0.5) is 0 Å². The van der Waals surface area contributed by atoms with Crippen molar-refractivity contribution in [3.8, 4) is 0 Å². The van der Waals surface area contributed by atoms with E-state index in [-0.39, 0.29) is 5.91 Å². The van der Waals surface area contributed by atoms with Crippen molar-refractivity contribution < 1.29 is 9.21 Å². The van der Waals surface area contributed by atoms with Gasteiger partial charge in [0.05, 0.1) is 11.1 Å². The Balaban J connectivity index is 1.37. The average molecular weight is 314 g/mol. The minimum absolute atomic E-state index is 0.141. The first kappa shape index (κ1) is 13.8. The fraction of sp³-hybridized carbons (Fsp3) is 0.412. The van der Waals surface area contributed by atoms with Crippen LogP contribution in [-0.2, 0) is 12.8 Å². The van der Waals surface area contributed by atoms with Gasteiger partial charge in [0.15, 0.2) is 0 Å². The Morgan fingerprint density at radius 1 is 1.45 bits per heavy atom. The van der Waals surface area contributed by atoms with Gasteiger partial charge in [0, 0.05) is 10.8 Å². The molecule has 0 radical (unpaired) electrons. The Hall–Kier alpha value is -1.88. The summed E-state index contributed by atoms with van der Waals surface area (Å²) < 4.78 is 5.72. The van der Waals surface area contributed by atoms with E-state index in [1.54, 1.807) is 17.6 Å². The van der Waals surface area contributed by atoms with Crippen molar-refractivity contribution >= 4 is 23.5 Å². The van der Waals surface area contributed by atoms with Gasteiger partial charge in [-0.15, -0.1) is 11.3 Å². The second-order valence-electron chi connectivity index (χ2n) is 6.17. The Morgan fingerprint density at radius 3 is 3.09 bits per heavy atom. The summed E-state index contributed by atoms with van der Waals surface area (Å²) in [6.07, 6.45) is 6.17. The Bertz CT molecular complexity index is 722. The number of carbonyl (C=O) groups is 1. The highest BCUT2D eigenvalue weighted by Gasteiger charge is 2.36. The Kier molecular flexibility index (Phi) is 3.37. The molecule has 4 rings (SSSR count). The average Bonchev–Trinajstić information content (AvgIpc) is 2.93. The van der Waals surface area contributed by atoms with Crippen LogP contribution in [-0.4, -0.2) is 12.1 Å². The van der Waals surface area contributed by atoms with Crippen molar-refractivity contribution in [2.24, 2.45) is 11.0 Å².